The lowest BCUT2D eigenvalue weighted by Gasteiger charge is -2.46. The van der Waals surface area contributed by atoms with Gasteiger partial charge in [-0.15, -0.1) is 0 Å². The van der Waals surface area contributed by atoms with Crippen LogP contribution in [0.25, 0.3) is 0 Å². The van der Waals surface area contributed by atoms with E-state index in [1.54, 1.807) is 0 Å². The molecule has 6 N–H and O–H groups in total. The quantitative estimate of drug-likeness (QED) is 0.188. The minimum Gasteiger partial charge on any atom is -0.481 e. The Kier molecular flexibility index (Phi) is 16.9. The molecule has 1 aliphatic heterocycles. The van der Waals surface area contributed by atoms with E-state index >= 15 is 0 Å². The van der Waals surface area contributed by atoms with Gasteiger partial charge in [-0.25, -0.2) is 4.79 Å². The van der Waals surface area contributed by atoms with Gasteiger partial charge in [0.15, 0.2) is 5.60 Å². The second-order valence-corrected chi connectivity index (χ2v) is 11.1. The molecule has 218 valence electrons. The predicted molar refractivity (Wildman–Crippen MR) is 144 cm³/mol. The molecule has 1 saturated heterocycles. The first-order valence-corrected chi connectivity index (χ1v) is 13.8. The molecule has 0 amide bonds. The van der Waals surface area contributed by atoms with Gasteiger partial charge in [0, 0.05) is 31.7 Å². The highest BCUT2D eigenvalue weighted by molar-refractivity contribution is 5.88. The fourth-order valence-electron chi connectivity index (χ4n) is 4.98. The molecule has 37 heavy (non-hydrogen) atoms. The maximum Gasteiger partial charge on any atom is 0.336 e. The van der Waals surface area contributed by atoms with Crippen LogP contribution in [0, 0.1) is 11.8 Å². The van der Waals surface area contributed by atoms with Crippen molar-refractivity contribution in [3.05, 3.63) is 0 Å². The van der Waals surface area contributed by atoms with Crippen molar-refractivity contribution < 1.29 is 34.8 Å². The normalized spacial score (nSPS) is 20.5. The van der Waals surface area contributed by atoms with E-state index in [1.807, 2.05) is 0 Å². The average molecular weight is 532 g/mol. The molecule has 2 unspecified atom stereocenters. The first kappa shape index (κ1) is 35.2. The molecule has 1 rings (SSSR count). The Balaban J connectivity index is 0.000000845. The Morgan fingerprint density at radius 3 is 1.49 bits per heavy atom. The summed E-state index contributed by atoms with van der Waals surface area (Å²) in [6.07, 6.45) is 8.41. The SMILES string of the molecule is CCCCC(CC)CN1CN(CC(CC)CCCC)CC(C)(N)C1.O=C(O)CC(O)(CC(=O)O)C(=O)O. The lowest BCUT2D eigenvalue weighted by molar-refractivity contribution is -0.170. The van der Waals surface area contributed by atoms with Gasteiger partial charge in [-0.3, -0.25) is 19.4 Å². The van der Waals surface area contributed by atoms with Crippen molar-refractivity contribution in [3.63, 3.8) is 0 Å². The zero-order chi connectivity index (χ0) is 28.6. The smallest absolute Gasteiger partial charge is 0.336 e. The van der Waals surface area contributed by atoms with Gasteiger partial charge in [-0.1, -0.05) is 66.2 Å². The molecule has 0 spiro atoms. The molecular weight excluding hydrogens is 478 g/mol. The van der Waals surface area contributed by atoms with Gasteiger partial charge >= 0.3 is 17.9 Å². The number of aliphatic hydroxyl groups is 1. The van der Waals surface area contributed by atoms with Crippen LogP contribution in [-0.4, -0.2) is 92.1 Å². The molecule has 0 aromatic heterocycles. The van der Waals surface area contributed by atoms with E-state index in [2.05, 4.69) is 44.4 Å². The topological polar surface area (TPSA) is 165 Å². The number of unbranched alkanes of at least 4 members (excludes halogenated alkanes) is 2. The van der Waals surface area contributed by atoms with Gasteiger partial charge in [-0.2, -0.15) is 0 Å². The van der Waals surface area contributed by atoms with E-state index < -0.39 is 36.4 Å². The fraction of sp³-hybridized carbons (Fsp3) is 0.889. The van der Waals surface area contributed by atoms with Crippen LogP contribution < -0.4 is 5.73 Å². The van der Waals surface area contributed by atoms with E-state index in [0.717, 1.165) is 31.6 Å². The molecule has 1 heterocycles. The van der Waals surface area contributed by atoms with Crippen LogP contribution in [0.5, 0.6) is 0 Å². The van der Waals surface area contributed by atoms with Crippen molar-refractivity contribution >= 4 is 17.9 Å². The molecule has 0 saturated carbocycles. The summed E-state index contributed by atoms with van der Waals surface area (Å²) >= 11 is 0. The molecule has 0 aliphatic carbocycles. The molecule has 0 aromatic carbocycles. The van der Waals surface area contributed by atoms with E-state index in [0.29, 0.717) is 0 Å². The predicted octanol–water partition coefficient (Wildman–Crippen LogP) is 3.46. The molecular formula is C27H53N3O7. The summed E-state index contributed by atoms with van der Waals surface area (Å²) in [6, 6.07) is 0. The third-order valence-electron chi connectivity index (χ3n) is 6.97. The zero-order valence-electron chi connectivity index (χ0n) is 23.7. The summed E-state index contributed by atoms with van der Waals surface area (Å²) in [7, 11) is 0. The summed E-state index contributed by atoms with van der Waals surface area (Å²) in [5.41, 5.74) is 3.81. The molecule has 2 atom stereocenters. The Morgan fingerprint density at radius 1 is 0.838 bits per heavy atom. The number of nitrogens with two attached hydrogens (primary N) is 1. The van der Waals surface area contributed by atoms with Crippen molar-refractivity contribution in [2.75, 3.05) is 32.8 Å². The number of hydrogen-bond acceptors (Lipinski definition) is 7. The van der Waals surface area contributed by atoms with Crippen molar-refractivity contribution in [2.24, 2.45) is 17.6 Å². The van der Waals surface area contributed by atoms with Crippen LogP contribution in [0.4, 0.5) is 0 Å². The first-order chi connectivity index (χ1) is 17.2. The molecule has 10 nitrogen and oxygen atoms in total. The third-order valence-corrected chi connectivity index (χ3v) is 6.97. The monoisotopic (exact) mass is 531 g/mol. The summed E-state index contributed by atoms with van der Waals surface area (Å²) in [6.45, 7) is 17.2. The Hall–Kier alpha value is -1.75. The minimum absolute atomic E-state index is 0.0651. The second-order valence-electron chi connectivity index (χ2n) is 11.1. The molecule has 0 aromatic rings. The highest BCUT2D eigenvalue weighted by Crippen LogP contribution is 2.22. The van der Waals surface area contributed by atoms with Crippen molar-refractivity contribution in [2.45, 2.75) is 110 Å². The highest BCUT2D eigenvalue weighted by Gasteiger charge is 2.40. The van der Waals surface area contributed by atoms with Gasteiger partial charge in [0.2, 0.25) is 0 Å². The maximum atomic E-state index is 10.3. The van der Waals surface area contributed by atoms with E-state index in [1.165, 1.54) is 64.5 Å². The molecule has 10 heteroatoms. The summed E-state index contributed by atoms with van der Waals surface area (Å²) < 4.78 is 0. The lowest BCUT2D eigenvalue weighted by atomic mass is 9.94. The van der Waals surface area contributed by atoms with Gasteiger partial charge in [-0.05, 0) is 31.6 Å². The van der Waals surface area contributed by atoms with Crippen molar-refractivity contribution in [1.82, 2.24) is 9.80 Å². The van der Waals surface area contributed by atoms with Crippen LogP contribution in [0.15, 0.2) is 0 Å². The summed E-state index contributed by atoms with van der Waals surface area (Å²) in [4.78, 5) is 35.8. The summed E-state index contributed by atoms with van der Waals surface area (Å²) in [5.74, 6) is -3.35. The largest absolute Gasteiger partial charge is 0.481 e. The Morgan fingerprint density at radius 2 is 1.22 bits per heavy atom. The minimum atomic E-state index is -2.74. The number of aliphatic carboxylic acids is 3. The third kappa shape index (κ3) is 15.3. The van der Waals surface area contributed by atoms with Gasteiger partial charge in [0.05, 0.1) is 19.5 Å². The van der Waals surface area contributed by atoms with Gasteiger partial charge < -0.3 is 26.2 Å². The van der Waals surface area contributed by atoms with Crippen LogP contribution in [0.1, 0.15) is 98.8 Å². The second kappa shape index (κ2) is 17.7. The molecule has 1 aliphatic rings. The Bertz CT molecular complexity index is 643. The average Bonchev–Trinajstić information content (AvgIpc) is 2.77. The van der Waals surface area contributed by atoms with Gasteiger partial charge in [0.25, 0.3) is 0 Å². The number of carboxylic acids is 3. The summed E-state index contributed by atoms with van der Waals surface area (Å²) in [5, 5.41) is 33.8. The number of carboxylic acid groups (broad SMARTS) is 3. The zero-order valence-corrected chi connectivity index (χ0v) is 23.7. The fourth-order valence-corrected chi connectivity index (χ4v) is 4.98. The van der Waals surface area contributed by atoms with E-state index in [-0.39, 0.29) is 5.54 Å². The van der Waals surface area contributed by atoms with Crippen LogP contribution >= 0.6 is 0 Å². The molecule has 0 radical (unpaired) electrons. The molecule has 1 fully saturated rings. The Labute approximate surface area is 223 Å². The van der Waals surface area contributed by atoms with Crippen molar-refractivity contribution in [3.8, 4) is 0 Å². The highest BCUT2D eigenvalue weighted by atomic mass is 16.4. The number of rotatable bonds is 17. The van der Waals surface area contributed by atoms with Crippen molar-refractivity contribution in [1.29, 1.82) is 0 Å². The lowest BCUT2D eigenvalue weighted by Crippen LogP contribution is -2.63. The van der Waals surface area contributed by atoms with E-state index in [4.69, 9.17) is 26.2 Å². The standard InChI is InChI=1S/C21H45N3.C6H8O7/c1-6-10-12-19(8-3)14-23-16-21(5,22)17-24(18-23)15-20(9-4)13-11-7-2;7-3(8)1-6(13,5(11)12)2-4(9)10/h19-20H,6-18,22H2,1-5H3;13H,1-2H2,(H,7,8)(H,9,10)(H,11,12). The number of carbonyl (C=O) groups is 3. The maximum absolute atomic E-state index is 10.3. The van der Waals surface area contributed by atoms with E-state index in [9.17, 15) is 14.4 Å². The number of hydrogen-bond donors (Lipinski definition) is 5. The molecule has 0 bridgehead atoms. The van der Waals surface area contributed by atoms with Crippen LogP contribution in [0.2, 0.25) is 0 Å². The van der Waals surface area contributed by atoms with Crippen LogP contribution in [-0.2, 0) is 14.4 Å². The first-order valence-electron chi connectivity index (χ1n) is 13.8. The van der Waals surface area contributed by atoms with Gasteiger partial charge in [0.1, 0.15) is 0 Å². The van der Waals surface area contributed by atoms with Crippen LogP contribution in [0.3, 0.4) is 0 Å². The number of nitrogens with zero attached hydrogens (tertiary/aromatic N) is 2.